The van der Waals surface area contributed by atoms with Gasteiger partial charge >= 0.3 is 0 Å². The van der Waals surface area contributed by atoms with Crippen LogP contribution in [0.1, 0.15) is 26.3 Å². The van der Waals surface area contributed by atoms with E-state index in [0.29, 0.717) is 30.2 Å². The quantitative estimate of drug-likeness (QED) is 0.374. The van der Waals surface area contributed by atoms with Gasteiger partial charge in [-0.25, -0.2) is 12.8 Å². The number of benzene rings is 3. The molecule has 38 heavy (non-hydrogen) atoms. The second kappa shape index (κ2) is 13.0. The third-order valence-electron chi connectivity index (χ3n) is 5.83. The molecule has 1 atom stereocenters. The summed E-state index contributed by atoms with van der Waals surface area (Å²) in [5, 5.41) is 2.70. The van der Waals surface area contributed by atoms with E-state index in [1.807, 2.05) is 6.92 Å². The first-order chi connectivity index (χ1) is 18.2. The van der Waals surface area contributed by atoms with Gasteiger partial charge in [-0.3, -0.25) is 13.9 Å². The average Bonchev–Trinajstić information content (AvgIpc) is 2.92. The number of para-hydroxylation sites is 1. The van der Waals surface area contributed by atoms with Crippen LogP contribution < -0.4 is 14.4 Å². The normalized spacial score (nSPS) is 11.9. The summed E-state index contributed by atoms with van der Waals surface area (Å²) in [5.74, 6) is -0.884. The molecule has 202 valence electrons. The fourth-order valence-corrected chi connectivity index (χ4v) is 5.23. The van der Waals surface area contributed by atoms with Gasteiger partial charge in [0, 0.05) is 13.1 Å². The van der Waals surface area contributed by atoms with Crippen molar-refractivity contribution >= 4 is 27.5 Å². The maximum atomic E-state index is 13.8. The number of likely N-dealkylation sites (N-methyl/N-ethyl adjacent to an activating group) is 1. The van der Waals surface area contributed by atoms with Crippen molar-refractivity contribution in [3.8, 4) is 5.75 Å². The Hall–Kier alpha value is -3.92. The summed E-state index contributed by atoms with van der Waals surface area (Å²) in [5.41, 5.74) is 0.888. The zero-order chi connectivity index (χ0) is 27.7. The first-order valence-electron chi connectivity index (χ1n) is 12.3. The molecule has 0 saturated carbocycles. The lowest BCUT2D eigenvalue weighted by Gasteiger charge is -2.32. The van der Waals surface area contributed by atoms with Crippen molar-refractivity contribution < 1.29 is 27.1 Å². The summed E-state index contributed by atoms with van der Waals surface area (Å²) in [4.78, 5) is 27.7. The van der Waals surface area contributed by atoms with Gasteiger partial charge in [0.05, 0.1) is 17.2 Å². The van der Waals surface area contributed by atoms with Crippen molar-refractivity contribution in [3.05, 3.63) is 90.2 Å². The van der Waals surface area contributed by atoms with E-state index in [-0.39, 0.29) is 17.3 Å². The Balaban J connectivity index is 1.98. The predicted molar refractivity (Wildman–Crippen MR) is 144 cm³/mol. The molecule has 1 N–H and O–H groups in total. The lowest BCUT2D eigenvalue weighted by molar-refractivity contribution is -0.139. The first kappa shape index (κ1) is 28.6. The monoisotopic (exact) mass is 541 g/mol. The summed E-state index contributed by atoms with van der Waals surface area (Å²) >= 11 is 0. The summed E-state index contributed by atoms with van der Waals surface area (Å²) in [6, 6.07) is 18.9. The zero-order valence-electron chi connectivity index (χ0n) is 21.6. The van der Waals surface area contributed by atoms with E-state index in [0.717, 1.165) is 4.31 Å². The van der Waals surface area contributed by atoms with E-state index in [2.05, 4.69) is 5.32 Å². The topological polar surface area (TPSA) is 96.0 Å². The first-order valence-corrected chi connectivity index (χ1v) is 13.7. The van der Waals surface area contributed by atoms with Gasteiger partial charge in [0.25, 0.3) is 10.0 Å². The molecule has 0 heterocycles. The van der Waals surface area contributed by atoms with Gasteiger partial charge in [-0.15, -0.1) is 0 Å². The van der Waals surface area contributed by atoms with Crippen LogP contribution in [-0.4, -0.2) is 50.9 Å². The van der Waals surface area contributed by atoms with E-state index < -0.39 is 34.3 Å². The van der Waals surface area contributed by atoms with Crippen LogP contribution >= 0.6 is 0 Å². The summed E-state index contributed by atoms with van der Waals surface area (Å²) in [6.45, 7) is 5.40. The van der Waals surface area contributed by atoms with Gasteiger partial charge < -0.3 is 15.0 Å². The molecular formula is C28H32FN3O5S. The van der Waals surface area contributed by atoms with Gasteiger partial charge in [0.2, 0.25) is 11.8 Å². The molecule has 0 fully saturated rings. The molecule has 2 amide bonds. The molecule has 0 aliphatic rings. The minimum atomic E-state index is -4.17. The number of amides is 2. The molecule has 8 nitrogen and oxygen atoms in total. The minimum absolute atomic E-state index is 0.0108. The number of ether oxygens (including phenoxy) is 1. The molecule has 0 radical (unpaired) electrons. The highest BCUT2D eigenvalue weighted by atomic mass is 32.2. The van der Waals surface area contributed by atoms with Crippen LogP contribution in [0.4, 0.5) is 10.1 Å². The van der Waals surface area contributed by atoms with Crippen molar-refractivity contribution in [2.75, 3.05) is 24.0 Å². The van der Waals surface area contributed by atoms with E-state index in [4.69, 9.17) is 4.74 Å². The van der Waals surface area contributed by atoms with Crippen molar-refractivity contribution in [1.82, 2.24) is 10.2 Å². The van der Waals surface area contributed by atoms with Gasteiger partial charge in [-0.1, -0.05) is 30.3 Å². The number of anilines is 1. The van der Waals surface area contributed by atoms with Crippen LogP contribution in [0.15, 0.2) is 83.8 Å². The second-order valence-corrected chi connectivity index (χ2v) is 10.3. The summed E-state index contributed by atoms with van der Waals surface area (Å²) in [7, 11) is -4.17. The zero-order valence-corrected chi connectivity index (χ0v) is 22.4. The standard InChI is InChI=1S/C28H32FN3O5S/c1-4-30-28(34)21(3)31(19-22-11-13-23(29)14-12-22)27(33)20-32(24-9-7-6-8-10-24)38(35,36)26-17-15-25(16-18-26)37-5-2/h6-18,21H,4-5,19-20H2,1-3H3,(H,30,34). The molecular weight excluding hydrogens is 509 g/mol. The molecule has 3 aromatic carbocycles. The third kappa shape index (κ3) is 7.10. The molecule has 0 spiro atoms. The van der Waals surface area contributed by atoms with Crippen LogP contribution in [0.5, 0.6) is 5.75 Å². The number of sulfonamides is 1. The van der Waals surface area contributed by atoms with Crippen LogP contribution in [0, 0.1) is 5.82 Å². The second-order valence-electron chi connectivity index (χ2n) is 8.47. The van der Waals surface area contributed by atoms with Crippen LogP contribution in [0.25, 0.3) is 0 Å². The molecule has 0 aromatic heterocycles. The Morgan fingerprint density at radius 1 is 0.947 bits per heavy atom. The van der Waals surface area contributed by atoms with Gasteiger partial charge in [-0.2, -0.15) is 0 Å². The fraction of sp³-hybridized carbons (Fsp3) is 0.286. The van der Waals surface area contributed by atoms with Gasteiger partial charge in [0.1, 0.15) is 24.2 Å². The van der Waals surface area contributed by atoms with E-state index in [1.165, 1.54) is 41.3 Å². The number of carbonyl (C=O) groups is 2. The molecule has 0 bridgehead atoms. The predicted octanol–water partition coefficient (Wildman–Crippen LogP) is 3.97. The average molecular weight is 542 g/mol. The highest BCUT2D eigenvalue weighted by Crippen LogP contribution is 2.26. The molecule has 3 aromatic rings. The summed E-state index contributed by atoms with van der Waals surface area (Å²) in [6.07, 6.45) is 0. The molecule has 1 unspecified atom stereocenters. The highest BCUT2D eigenvalue weighted by molar-refractivity contribution is 7.92. The molecule has 0 aliphatic carbocycles. The lowest BCUT2D eigenvalue weighted by Crippen LogP contribution is -2.51. The highest BCUT2D eigenvalue weighted by Gasteiger charge is 2.32. The fourth-order valence-electron chi connectivity index (χ4n) is 3.82. The number of hydrogen-bond acceptors (Lipinski definition) is 5. The third-order valence-corrected chi connectivity index (χ3v) is 7.62. The number of rotatable bonds is 12. The Morgan fingerprint density at radius 3 is 2.16 bits per heavy atom. The molecule has 0 saturated heterocycles. The lowest BCUT2D eigenvalue weighted by atomic mass is 10.1. The Bertz CT molecular complexity index is 1320. The number of hydrogen-bond donors (Lipinski definition) is 1. The maximum Gasteiger partial charge on any atom is 0.264 e. The maximum absolute atomic E-state index is 13.8. The largest absolute Gasteiger partial charge is 0.494 e. The van der Waals surface area contributed by atoms with E-state index in [1.54, 1.807) is 56.3 Å². The van der Waals surface area contributed by atoms with Crippen LogP contribution in [0.3, 0.4) is 0 Å². The Morgan fingerprint density at radius 2 is 1.58 bits per heavy atom. The minimum Gasteiger partial charge on any atom is -0.494 e. The summed E-state index contributed by atoms with van der Waals surface area (Å²) < 4.78 is 47.4. The van der Waals surface area contributed by atoms with Gasteiger partial charge in [-0.05, 0) is 74.9 Å². The van der Waals surface area contributed by atoms with Crippen molar-refractivity contribution in [2.45, 2.75) is 38.3 Å². The van der Waals surface area contributed by atoms with Crippen LogP contribution in [-0.2, 0) is 26.2 Å². The van der Waals surface area contributed by atoms with E-state index >= 15 is 0 Å². The molecule has 3 rings (SSSR count). The van der Waals surface area contributed by atoms with E-state index in [9.17, 15) is 22.4 Å². The Labute approximate surface area is 223 Å². The van der Waals surface area contributed by atoms with Crippen molar-refractivity contribution in [3.63, 3.8) is 0 Å². The van der Waals surface area contributed by atoms with Gasteiger partial charge in [0.15, 0.2) is 0 Å². The van der Waals surface area contributed by atoms with Crippen molar-refractivity contribution in [2.24, 2.45) is 0 Å². The number of carbonyl (C=O) groups excluding carboxylic acids is 2. The van der Waals surface area contributed by atoms with Crippen molar-refractivity contribution in [1.29, 1.82) is 0 Å². The smallest absolute Gasteiger partial charge is 0.264 e. The number of nitrogens with one attached hydrogen (secondary N) is 1. The van der Waals surface area contributed by atoms with Crippen LogP contribution in [0.2, 0.25) is 0 Å². The SMILES string of the molecule is CCNC(=O)C(C)N(Cc1ccc(F)cc1)C(=O)CN(c1ccccc1)S(=O)(=O)c1ccc(OCC)cc1. The molecule has 0 aliphatic heterocycles. The Kier molecular flexibility index (Phi) is 9.84. The number of nitrogens with zero attached hydrogens (tertiary/aromatic N) is 2. The number of halogens is 1. The molecule has 10 heteroatoms.